The number of carbonyl (C=O) groups is 1. The third-order valence-corrected chi connectivity index (χ3v) is 1.59. The molecule has 0 radical (unpaired) electrons. The normalized spacial score (nSPS) is 10.2. The van der Waals surface area contributed by atoms with E-state index in [-0.39, 0.29) is 5.78 Å². The van der Waals surface area contributed by atoms with Gasteiger partial charge in [0.2, 0.25) is 0 Å². The van der Waals surface area contributed by atoms with Crippen molar-refractivity contribution >= 4 is 5.78 Å². The highest BCUT2D eigenvalue weighted by Gasteiger charge is 2.00. The SMILES string of the molecule is CC(=O)CCCc1nc(C)co1. The van der Waals surface area contributed by atoms with Gasteiger partial charge in [0, 0.05) is 12.8 Å². The van der Waals surface area contributed by atoms with Gasteiger partial charge in [-0.2, -0.15) is 0 Å². The van der Waals surface area contributed by atoms with E-state index in [1.54, 1.807) is 13.2 Å². The van der Waals surface area contributed by atoms with Gasteiger partial charge in [-0.05, 0) is 20.3 Å². The molecule has 0 aliphatic rings. The zero-order valence-electron chi connectivity index (χ0n) is 7.46. The van der Waals surface area contributed by atoms with Crippen LogP contribution in [0.1, 0.15) is 31.4 Å². The fraction of sp³-hybridized carbons (Fsp3) is 0.556. The molecule has 12 heavy (non-hydrogen) atoms. The van der Waals surface area contributed by atoms with E-state index < -0.39 is 0 Å². The Labute approximate surface area is 71.8 Å². The minimum absolute atomic E-state index is 0.221. The van der Waals surface area contributed by atoms with E-state index in [4.69, 9.17) is 4.42 Å². The molecule has 3 nitrogen and oxygen atoms in total. The highest BCUT2D eigenvalue weighted by Crippen LogP contribution is 2.04. The second-order valence-electron chi connectivity index (χ2n) is 2.94. The van der Waals surface area contributed by atoms with Crippen molar-refractivity contribution in [2.45, 2.75) is 33.1 Å². The van der Waals surface area contributed by atoms with Crippen LogP contribution in [-0.4, -0.2) is 10.8 Å². The van der Waals surface area contributed by atoms with Crippen LogP contribution in [0.15, 0.2) is 10.7 Å². The molecule has 1 aromatic rings. The first kappa shape index (κ1) is 8.97. The topological polar surface area (TPSA) is 43.1 Å². The molecule has 0 fully saturated rings. The Morgan fingerprint density at radius 2 is 2.42 bits per heavy atom. The van der Waals surface area contributed by atoms with Crippen LogP contribution in [0.25, 0.3) is 0 Å². The van der Waals surface area contributed by atoms with Crippen LogP contribution in [0.2, 0.25) is 0 Å². The van der Waals surface area contributed by atoms with Crippen LogP contribution in [0.3, 0.4) is 0 Å². The third kappa shape index (κ3) is 2.86. The summed E-state index contributed by atoms with van der Waals surface area (Å²) in [7, 11) is 0. The summed E-state index contributed by atoms with van der Waals surface area (Å²) in [5, 5.41) is 0. The van der Waals surface area contributed by atoms with E-state index in [9.17, 15) is 4.79 Å². The van der Waals surface area contributed by atoms with Gasteiger partial charge in [0.25, 0.3) is 0 Å². The minimum atomic E-state index is 0.221. The smallest absolute Gasteiger partial charge is 0.194 e. The molecule has 1 aromatic heterocycles. The van der Waals surface area contributed by atoms with Crippen LogP contribution in [-0.2, 0) is 11.2 Å². The monoisotopic (exact) mass is 167 g/mol. The first-order valence-electron chi connectivity index (χ1n) is 4.09. The molecule has 0 aliphatic heterocycles. The quantitative estimate of drug-likeness (QED) is 0.687. The molecule has 66 valence electrons. The van der Waals surface area contributed by atoms with E-state index in [1.165, 1.54) is 0 Å². The van der Waals surface area contributed by atoms with E-state index in [0.717, 1.165) is 24.4 Å². The Morgan fingerprint density at radius 1 is 1.67 bits per heavy atom. The lowest BCUT2D eigenvalue weighted by molar-refractivity contribution is -0.117. The molecular formula is C9H13NO2. The van der Waals surface area contributed by atoms with Gasteiger partial charge in [0.1, 0.15) is 12.0 Å². The first-order valence-corrected chi connectivity index (χ1v) is 4.09. The molecule has 0 saturated carbocycles. The maximum Gasteiger partial charge on any atom is 0.194 e. The average Bonchev–Trinajstić information content (AvgIpc) is 2.35. The maximum absolute atomic E-state index is 10.6. The maximum atomic E-state index is 10.6. The zero-order valence-corrected chi connectivity index (χ0v) is 7.46. The largest absolute Gasteiger partial charge is 0.449 e. The van der Waals surface area contributed by atoms with Gasteiger partial charge in [0.15, 0.2) is 5.89 Å². The van der Waals surface area contributed by atoms with E-state index in [1.807, 2.05) is 6.92 Å². The predicted octanol–water partition coefficient (Wildman–Crippen LogP) is 1.89. The van der Waals surface area contributed by atoms with Crippen LogP contribution in [0.5, 0.6) is 0 Å². The summed E-state index contributed by atoms with van der Waals surface area (Å²) >= 11 is 0. The highest BCUT2D eigenvalue weighted by atomic mass is 16.3. The highest BCUT2D eigenvalue weighted by molar-refractivity contribution is 5.75. The molecule has 1 heterocycles. The second-order valence-corrected chi connectivity index (χ2v) is 2.94. The van der Waals surface area contributed by atoms with Crippen molar-refractivity contribution in [2.24, 2.45) is 0 Å². The number of aryl methyl sites for hydroxylation is 2. The van der Waals surface area contributed by atoms with Gasteiger partial charge in [-0.3, -0.25) is 0 Å². The summed E-state index contributed by atoms with van der Waals surface area (Å²) in [6, 6.07) is 0. The molecule has 0 saturated heterocycles. The summed E-state index contributed by atoms with van der Waals surface area (Å²) in [4.78, 5) is 14.7. The van der Waals surface area contributed by atoms with Gasteiger partial charge in [-0.1, -0.05) is 0 Å². The fourth-order valence-electron chi connectivity index (χ4n) is 1.01. The molecule has 3 heteroatoms. The number of carbonyl (C=O) groups excluding carboxylic acids is 1. The molecule has 0 aliphatic carbocycles. The van der Waals surface area contributed by atoms with Gasteiger partial charge >= 0.3 is 0 Å². The summed E-state index contributed by atoms with van der Waals surface area (Å²) < 4.78 is 5.12. The minimum Gasteiger partial charge on any atom is -0.449 e. The lowest BCUT2D eigenvalue weighted by Gasteiger charge is -1.92. The van der Waals surface area contributed by atoms with Gasteiger partial charge in [-0.25, -0.2) is 4.98 Å². The number of oxazole rings is 1. The van der Waals surface area contributed by atoms with Crippen LogP contribution in [0, 0.1) is 6.92 Å². The second kappa shape index (κ2) is 4.04. The van der Waals surface area contributed by atoms with E-state index >= 15 is 0 Å². The van der Waals surface area contributed by atoms with Crippen molar-refractivity contribution < 1.29 is 9.21 Å². The number of Topliss-reactive ketones (excluding diaryl/α,β-unsaturated/α-hetero) is 1. The van der Waals surface area contributed by atoms with Crippen molar-refractivity contribution in [3.05, 3.63) is 17.8 Å². The Hall–Kier alpha value is -1.12. The molecule has 0 unspecified atom stereocenters. The molecule has 0 N–H and O–H groups in total. The fourth-order valence-corrected chi connectivity index (χ4v) is 1.01. The number of hydrogen-bond donors (Lipinski definition) is 0. The summed E-state index contributed by atoms with van der Waals surface area (Å²) in [5.74, 6) is 0.951. The van der Waals surface area contributed by atoms with E-state index in [2.05, 4.69) is 4.98 Å². The van der Waals surface area contributed by atoms with Gasteiger partial charge < -0.3 is 9.21 Å². The van der Waals surface area contributed by atoms with Crippen molar-refractivity contribution in [3.63, 3.8) is 0 Å². The van der Waals surface area contributed by atoms with Crippen molar-refractivity contribution in [1.29, 1.82) is 0 Å². The Kier molecular flexibility index (Phi) is 3.02. The van der Waals surface area contributed by atoms with Crippen LogP contribution < -0.4 is 0 Å². The van der Waals surface area contributed by atoms with Gasteiger partial charge in [0.05, 0.1) is 5.69 Å². The molecule has 0 aromatic carbocycles. The first-order chi connectivity index (χ1) is 5.68. The van der Waals surface area contributed by atoms with Crippen LogP contribution >= 0.6 is 0 Å². The molecule has 0 spiro atoms. The zero-order chi connectivity index (χ0) is 8.97. The number of hydrogen-bond acceptors (Lipinski definition) is 3. The Balaban J connectivity index is 2.29. The summed E-state index contributed by atoms with van der Waals surface area (Å²) in [6.07, 6.45) is 3.83. The third-order valence-electron chi connectivity index (χ3n) is 1.59. The summed E-state index contributed by atoms with van der Waals surface area (Å²) in [6.45, 7) is 3.48. The van der Waals surface area contributed by atoms with Crippen molar-refractivity contribution in [3.8, 4) is 0 Å². The lowest BCUT2D eigenvalue weighted by Crippen LogP contribution is -1.92. The number of nitrogens with zero attached hydrogens (tertiary/aromatic N) is 1. The average molecular weight is 167 g/mol. The predicted molar refractivity (Wildman–Crippen MR) is 44.9 cm³/mol. The molecule has 0 amide bonds. The molecular weight excluding hydrogens is 154 g/mol. The van der Waals surface area contributed by atoms with Crippen molar-refractivity contribution in [1.82, 2.24) is 4.98 Å². The number of ketones is 1. The molecule has 0 atom stereocenters. The Morgan fingerprint density at radius 3 is 2.92 bits per heavy atom. The lowest BCUT2D eigenvalue weighted by atomic mass is 10.2. The molecule has 0 bridgehead atoms. The standard InChI is InChI=1S/C9H13NO2/c1-7-6-12-9(10-7)5-3-4-8(2)11/h6H,3-5H2,1-2H3. The van der Waals surface area contributed by atoms with E-state index in [0.29, 0.717) is 6.42 Å². The summed E-state index contributed by atoms with van der Waals surface area (Å²) in [5.41, 5.74) is 0.896. The van der Waals surface area contributed by atoms with Crippen molar-refractivity contribution in [2.75, 3.05) is 0 Å². The number of aromatic nitrogens is 1. The molecule has 1 rings (SSSR count). The Bertz CT molecular complexity index is 265. The van der Waals surface area contributed by atoms with Gasteiger partial charge in [-0.15, -0.1) is 0 Å². The number of rotatable bonds is 4. The van der Waals surface area contributed by atoms with Crippen LogP contribution in [0.4, 0.5) is 0 Å².